The van der Waals surface area contributed by atoms with Crippen LogP contribution in [-0.4, -0.2) is 55.2 Å². The highest BCUT2D eigenvalue weighted by atomic mass is 16.4. The van der Waals surface area contributed by atoms with Gasteiger partial charge in [-0.3, -0.25) is 4.79 Å². The van der Waals surface area contributed by atoms with Gasteiger partial charge in [0.2, 0.25) is 0 Å². The van der Waals surface area contributed by atoms with Gasteiger partial charge in [-0.05, 0) is 51.7 Å². The van der Waals surface area contributed by atoms with Gasteiger partial charge in [-0.25, -0.2) is 4.79 Å². The van der Waals surface area contributed by atoms with Crippen molar-refractivity contribution in [3.63, 3.8) is 0 Å². The fraction of sp³-hybridized carbons (Fsp3) is 0.867. The summed E-state index contributed by atoms with van der Waals surface area (Å²) >= 11 is 0. The van der Waals surface area contributed by atoms with E-state index in [-0.39, 0.29) is 12.6 Å². The molecular weight excluding hydrogens is 270 g/mol. The Morgan fingerprint density at radius 2 is 1.95 bits per heavy atom. The second-order valence-corrected chi connectivity index (χ2v) is 6.00. The van der Waals surface area contributed by atoms with Crippen LogP contribution in [-0.2, 0) is 4.79 Å². The molecule has 0 saturated carbocycles. The first kappa shape index (κ1) is 17.8. The van der Waals surface area contributed by atoms with Crippen LogP contribution in [0.5, 0.6) is 0 Å². The standard InChI is InChI=1S/C15H29N3O3/c1-3-4-13(14(19)20)11-17-15(21)16-8-5-12-6-9-18(2)10-7-12/h12-13H,3-11H2,1-2H3,(H,19,20)(H2,16,17,21). The summed E-state index contributed by atoms with van der Waals surface area (Å²) < 4.78 is 0. The Morgan fingerprint density at radius 3 is 2.52 bits per heavy atom. The molecule has 6 heteroatoms. The molecule has 1 unspecified atom stereocenters. The van der Waals surface area contributed by atoms with Gasteiger partial charge in [0, 0.05) is 13.1 Å². The van der Waals surface area contributed by atoms with Crippen LogP contribution in [0.2, 0.25) is 0 Å². The molecule has 1 rings (SSSR count). The predicted molar refractivity (Wildman–Crippen MR) is 82.3 cm³/mol. The lowest BCUT2D eigenvalue weighted by molar-refractivity contribution is -0.141. The van der Waals surface area contributed by atoms with E-state index in [9.17, 15) is 9.59 Å². The summed E-state index contributed by atoms with van der Waals surface area (Å²) in [6.45, 7) is 5.06. The molecule has 1 saturated heterocycles. The van der Waals surface area contributed by atoms with Crippen molar-refractivity contribution in [3.8, 4) is 0 Å². The zero-order valence-electron chi connectivity index (χ0n) is 13.2. The molecule has 1 heterocycles. The predicted octanol–water partition coefficient (Wildman–Crippen LogP) is 1.52. The maximum atomic E-state index is 11.6. The Kier molecular flexibility index (Phi) is 8.12. The molecule has 2 amide bonds. The molecule has 1 aliphatic heterocycles. The number of carbonyl (C=O) groups excluding carboxylic acids is 1. The van der Waals surface area contributed by atoms with E-state index in [4.69, 9.17) is 5.11 Å². The van der Waals surface area contributed by atoms with Crippen LogP contribution in [0.4, 0.5) is 4.79 Å². The summed E-state index contributed by atoms with van der Waals surface area (Å²) in [5.41, 5.74) is 0. The largest absolute Gasteiger partial charge is 0.481 e. The zero-order chi connectivity index (χ0) is 15.7. The number of hydrogen-bond donors (Lipinski definition) is 3. The van der Waals surface area contributed by atoms with Crippen molar-refractivity contribution >= 4 is 12.0 Å². The number of nitrogens with one attached hydrogen (secondary N) is 2. The lowest BCUT2D eigenvalue weighted by Crippen LogP contribution is -2.41. The van der Waals surface area contributed by atoms with Crippen LogP contribution >= 0.6 is 0 Å². The van der Waals surface area contributed by atoms with Gasteiger partial charge in [-0.2, -0.15) is 0 Å². The molecular formula is C15H29N3O3. The van der Waals surface area contributed by atoms with Gasteiger partial charge in [0.1, 0.15) is 0 Å². The number of carboxylic acids is 1. The van der Waals surface area contributed by atoms with Crippen molar-refractivity contribution in [1.29, 1.82) is 0 Å². The molecule has 0 aliphatic carbocycles. The molecule has 122 valence electrons. The van der Waals surface area contributed by atoms with Gasteiger partial charge < -0.3 is 20.6 Å². The van der Waals surface area contributed by atoms with Crippen LogP contribution in [0.25, 0.3) is 0 Å². The van der Waals surface area contributed by atoms with Crippen LogP contribution in [0.15, 0.2) is 0 Å². The van der Waals surface area contributed by atoms with E-state index >= 15 is 0 Å². The van der Waals surface area contributed by atoms with Gasteiger partial charge in [0.25, 0.3) is 0 Å². The van der Waals surface area contributed by atoms with Crippen LogP contribution < -0.4 is 10.6 Å². The fourth-order valence-electron chi connectivity index (χ4n) is 2.68. The average Bonchev–Trinajstić information content (AvgIpc) is 2.45. The number of hydrogen-bond acceptors (Lipinski definition) is 3. The molecule has 1 aliphatic rings. The number of nitrogens with zero attached hydrogens (tertiary/aromatic N) is 1. The molecule has 0 radical (unpaired) electrons. The third-order valence-corrected chi connectivity index (χ3v) is 4.17. The van der Waals surface area contributed by atoms with Gasteiger partial charge in [0.05, 0.1) is 5.92 Å². The average molecular weight is 299 g/mol. The highest BCUT2D eigenvalue weighted by Gasteiger charge is 2.18. The Balaban J connectivity index is 2.12. The molecule has 0 bridgehead atoms. The number of likely N-dealkylation sites (tertiary alicyclic amines) is 1. The van der Waals surface area contributed by atoms with Crippen molar-refractivity contribution in [2.45, 2.75) is 39.0 Å². The van der Waals surface area contributed by atoms with E-state index < -0.39 is 11.9 Å². The normalized spacial score (nSPS) is 18.2. The van der Waals surface area contributed by atoms with Crippen LogP contribution in [0.3, 0.4) is 0 Å². The highest BCUT2D eigenvalue weighted by Crippen LogP contribution is 2.18. The van der Waals surface area contributed by atoms with Crippen LogP contribution in [0, 0.1) is 11.8 Å². The second-order valence-electron chi connectivity index (χ2n) is 6.00. The lowest BCUT2D eigenvalue weighted by atomic mass is 9.94. The molecule has 21 heavy (non-hydrogen) atoms. The maximum absolute atomic E-state index is 11.6. The summed E-state index contributed by atoms with van der Waals surface area (Å²) in [4.78, 5) is 24.9. The second kappa shape index (κ2) is 9.60. The summed E-state index contributed by atoms with van der Waals surface area (Å²) in [5.74, 6) is -0.647. The Morgan fingerprint density at radius 1 is 1.29 bits per heavy atom. The quantitative estimate of drug-likeness (QED) is 0.634. The number of carboxylic acid groups (broad SMARTS) is 1. The number of aliphatic carboxylic acids is 1. The topological polar surface area (TPSA) is 81.7 Å². The highest BCUT2D eigenvalue weighted by molar-refractivity contribution is 5.75. The molecule has 0 aromatic rings. The van der Waals surface area contributed by atoms with E-state index in [2.05, 4.69) is 22.6 Å². The summed E-state index contributed by atoms with van der Waals surface area (Å²) in [6.07, 6.45) is 4.77. The summed E-state index contributed by atoms with van der Waals surface area (Å²) in [6, 6.07) is -0.259. The molecule has 1 atom stereocenters. The minimum atomic E-state index is -0.844. The first-order valence-corrected chi connectivity index (χ1v) is 7.96. The van der Waals surface area contributed by atoms with Crippen molar-refractivity contribution in [1.82, 2.24) is 15.5 Å². The SMILES string of the molecule is CCCC(CNC(=O)NCCC1CCN(C)CC1)C(=O)O. The third kappa shape index (κ3) is 7.32. The van der Waals surface area contributed by atoms with E-state index in [1.165, 1.54) is 12.8 Å². The van der Waals surface area contributed by atoms with Crippen molar-refractivity contribution in [2.24, 2.45) is 11.8 Å². The van der Waals surface area contributed by atoms with E-state index in [0.29, 0.717) is 18.9 Å². The van der Waals surface area contributed by atoms with Crippen molar-refractivity contribution in [2.75, 3.05) is 33.2 Å². The van der Waals surface area contributed by atoms with Crippen molar-refractivity contribution in [3.05, 3.63) is 0 Å². The molecule has 0 aromatic heterocycles. The first-order valence-electron chi connectivity index (χ1n) is 7.96. The molecule has 0 aromatic carbocycles. The Hall–Kier alpha value is -1.30. The molecule has 1 fully saturated rings. The van der Waals surface area contributed by atoms with E-state index in [1.807, 2.05) is 6.92 Å². The minimum absolute atomic E-state index is 0.198. The lowest BCUT2D eigenvalue weighted by Gasteiger charge is -2.28. The fourth-order valence-corrected chi connectivity index (χ4v) is 2.68. The van der Waals surface area contributed by atoms with Gasteiger partial charge >= 0.3 is 12.0 Å². The van der Waals surface area contributed by atoms with Crippen LogP contribution in [0.1, 0.15) is 39.0 Å². The number of amides is 2. The Labute approximate surface area is 127 Å². The summed E-state index contributed by atoms with van der Waals surface area (Å²) in [5, 5.41) is 14.5. The Bertz CT molecular complexity index is 328. The van der Waals surface area contributed by atoms with Gasteiger partial charge in [-0.1, -0.05) is 13.3 Å². The van der Waals surface area contributed by atoms with Gasteiger partial charge in [0.15, 0.2) is 0 Å². The number of piperidine rings is 1. The van der Waals surface area contributed by atoms with E-state index in [0.717, 1.165) is 25.9 Å². The maximum Gasteiger partial charge on any atom is 0.314 e. The molecule has 6 nitrogen and oxygen atoms in total. The first-order chi connectivity index (χ1) is 10.0. The van der Waals surface area contributed by atoms with Gasteiger partial charge in [-0.15, -0.1) is 0 Å². The van der Waals surface area contributed by atoms with Crippen molar-refractivity contribution < 1.29 is 14.7 Å². The smallest absolute Gasteiger partial charge is 0.314 e. The zero-order valence-corrected chi connectivity index (χ0v) is 13.2. The molecule has 3 N–H and O–H groups in total. The number of carbonyl (C=O) groups is 2. The molecule has 0 spiro atoms. The number of rotatable bonds is 8. The van der Waals surface area contributed by atoms with E-state index in [1.54, 1.807) is 0 Å². The summed E-state index contributed by atoms with van der Waals surface area (Å²) in [7, 11) is 2.14. The minimum Gasteiger partial charge on any atom is -0.481 e. The third-order valence-electron chi connectivity index (χ3n) is 4.17. The number of urea groups is 1. The monoisotopic (exact) mass is 299 g/mol.